The van der Waals surface area contributed by atoms with E-state index >= 15 is 0 Å². The Labute approximate surface area is 158 Å². The van der Waals surface area contributed by atoms with E-state index in [1.807, 2.05) is 13.8 Å². The van der Waals surface area contributed by atoms with E-state index < -0.39 is 17.6 Å². The van der Waals surface area contributed by atoms with Gasteiger partial charge in [0, 0.05) is 6.42 Å². The third-order valence-corrected chi connectivity index (χ3v) is 5.41. The molecule has 0 aromatic heterocycles. The molecule has 0 fully saturated rings. The lowest BCUT2D eigenvalue weighted by molar-refractivity contribution is -0.116. The minimum Gasteiger partial charge on any atom is -0.506 e. The Kier molecular flexibility index (Phi) is 5.78. The molecule has 0 atom stereocenters. The van der Waals surface area contributed by atoms with Crippen molar-refractivity contribution in [2.45, 2.75) is 47.5 Å². The van der Waals surface area contributed by atoms with Gasteiger partial charge in [0.05, 0.1) is 0 Å². The second kappa shape index (κ2) is 7.70. The van der Waals surface area contributed by atoms with Gasteiger partial charge in [-0.2, -0.15) is 0 Å². The number of phenols is 2. The van der Waals surface area contributed by atoms with Crippen LogP contribution in [0.25, 0.3) is 0 Å². The third kappa shape index (κ3) is 3.89. The molecule has 1 amide bonds. The highest BCUT2D eigenvalue weighted by atomic mass is 16.4. The minimum absolute atomic E-state index is 0.139. The number of aromatic hydroxyl groups is 2. The summed E-state index contributed by atoms with van der Waals surface area (Å²) in [5, 5.41) is 31.3. The largest absolute Gasteiger partial charge is 0.506 e. The maximum absolute atomic E-state index is 12.4. The van der Waals surface area contributed by atoms with Gasteiger partial charge >= 0.3 is 5.97 Å². The SMILES string of the molecule is Cc1c(C)c(C)c(CCC(=O)Nc2c(O)ccc(C(=O)O)c2O)c(C)c1C. The first-order valence-electron chi connectivity index (χ1n) is 8.70. The molecule has 2 rings (SSSR count). The number of carboxylic acid groups (broad SMARTS) is 1. The van der Waals surface area contributed by atoms with Crippen LogP contribution in [0.5, 0.6) is 11.5 Å². The van der Waals surface area contributed by atoms with Crippen molar-refractivity contribution in [2.24, 2.45) is 0 Å². The number of benzene rings is 2. The maximum Gasteiger partial charge on any atom is 0.339 e. The van der Waals surface area contributed by atoms with Crippen molar-refractivity contribution in [3.8, 4) is 11.5 Å². The van der Waals surface area contributed by atoms with Crippen LogP contribution in [0.2, 0.25) is 0 Å². The van der Waals surface area contributed by atoms with Crippen LogP contribution < -0.4 is 5.32 Å². The molecule has 6 nitrogen and oxygen atoms in total. The second-order valence-electron chi connectivity index (χ2n) is 6.81. The molecule has 4 N–H and O–H groups in total. The summed E-state index contributed by atoms with van der Waals surface area (Å²) in [4.78, 5) is 23.4. The van der Waals surface area contributed by atoms with Crippen LogP contribution in [0, 0.1) is 34.6 Å². The first-order chi connectivity index (χ1) is 12.6. The summed E-state index contributed by atoms with van der Waals surface area (Å²) in [5.41, 5.74) is 6.40. The van der Waals surface area contributed by atoms with Crippen molar-refractivity contribution in [3.63, 3.8) is 0 Å². The summed E-state index contributed by atoms with van der Waals surface area (Å²) in [6.45, 7) is 10.3. The Morgan fingerprint density at radius 2 is 1.41 bits per heavy atom. The van der Waals surface area contributed by atoms with Crippen molar-refractivity contribution in [1.82, 2.24) is 0 Å². The van der Waals surface area contributed by atoms with E-state index in [0.717, 1.165) is 28.8 Å². The monoisotopic (exact) mass is 371 g/mol. The van der Waals surface area contributed by atoms with E-state index in [-0.39, 0.29) is 23.4 Å². The topological polar surface area (TPSA) is 107 Å². The summed E-state index contributed by atoms with van der Waals surface area (Å²) < 4.78 is 0. The van der Waals surface area contributed by atoms with Crippen molar-refractivity contribution in [1.29, 1.82) is 0 Å². The Balaban J connectivity index is 2.22. The molecule has 0 aliphatic rings. The molecule has 0 saturated heterocycles. The average Bonchev–Trinajstić information content (AvgIpc) is 2.61. The molecule has 0 unspecified atom stereocenters. The average molecular weight is 371 g/mol. The number of phenolic OH excluding ortho intramolecular Hbond substituents is 1. The fourth-order valence-electron chi connectivity index (χ4n) is 3.27. The standard InChI is InChI=1S/C21H25NO5/c1-10-11(2)13(4)15(14(5)12(10)3)7-9-18(24)22-19-17(23)8-6-16(20(19)25)21(26)27/h6,8,23,25H,7,9H2,1-5H3,(H,22,24)(H,26,27). The molecule has 0 aliphatic heterocycles. The third-order valence-electron chi connectivity index (χ3n) is 5.41. The molecular weight excluding hydrogens is 346 g/mol. The molecule has 0 radical (unpaired) electrons. The van der Waals surface area contributed by atoms with Gasteiger partial charge in [-0.1, -0.05) is 0 Å². The highest BCUT2D eigenvalue weighted by Crippen LogP contribution is 2.36. The first-order valence-corrected chi connectivity index (χ1v) is 8.70. The smallest absolute Gasteiger partial charge is 0.339 e. The van der Waals surface area contributed by atoms with Crippen LogP contribution in [-0.4, -0.2) is 27.2 Å². The highest BCUT2D eigenvalue weighted by molar-refractivity contribution is 5.99. The number of nitrogens with one attached hydrogen (secondary N) is 1. The van der Waals surface area contributed by atoms with Gasteiger partial charge in [0.2, 0.25) is 5.91 Å². The zero-order valence-electron chi connectivity index (χ0n) is 16.2. The lowest BCUT2D eigenvalue weighted by Crippen LogP contribution is -2.14. The molecule has 0 heterocycles. The Hall–Kier alpha value is -3.02. The lowest BCUT2D eigenvalue weighted by atomic mass is 9.87. The first kappa shape index (κ1) is 20.3. The van der Waals surface area contributed by atoms with E-state index in [4.69, 9.17) is 5.11 Å². The van der Waals surface area contributed by atoms with Crippen molar-refractivity contribution in [3.05, 3.63) is 51.1 Å². The van der Waals surface area contributed by atoms with Gasteiger partial charge < -0.3 is 20.6 Å². The number of rotatable bonds is 5. The van der Waals surface area contributed by atoms with Gasteiger partial charge in [0.15, 0.2) is 5.75 Å². The zero-order valence-corrected chi connectivity index (χ0v) is 16.2. The number of amides is 1. The number of hydrogen-bond acceptors (Lipinski definition) is 4. The van der Waals surface area contributed by atoms with Gasteiger partial charge in [-0.05, 0) is 86.6 Å². The molecule has 2 aromatic carbocycles. The Morgan fingerprint density at radius 1 is 0.889 bits per heavy atom. The lowest BCUT2D eigenvalue weighted by Gasteiger charge is -2.18. The van der Waals surface area contributed by atoms with E-state index in [2.05, 4.69) is 26.1 Å². The van der Waals surface area contributed by atoms with Crippen LogP contribution in [0.15, 0.2) is 12.1 Å². The molecular formula is C21H25NO5. The molecule has 27 heavy (non-hydrogen) atoms. The Morgan fingerprint density at radius 3 is 1.93 bits per heavy atom. The molecule has 6 heteroatoms. The summed E-state index contributed by atoms with van der Waals surface area (Å²) in [5.74, 6) is -2.82. The zero-order chi connectivity index (χ0) is 20.5. The molecule has 0 aliphatic carbocycles. The normalized spacial score (nSPS) is 10.7. The van der Waals surface area contributed by atoms with Crippen LogP contribution in [0.4, 0.5) is 5.69 Å². The summed E-state index contributed by atoms with van der Waals surface area (Å²) >= 11 is 0. The molecule has 0 spiro atoms. The number of hydrogen-bond donors (Lipinski definition) is 4. The van der Waals surface area contributed by atoms with Gasteiger partial charge in [-0.15, -0.1) is 0 Å². The number of aromatic carboxylic acids is 1. The minimum atomic E-state index is -1.35. The van der Waals surface area contributed by atoms with Gasteiger partial charge in [-0.3, -0.25) is 4.79 Å². The fourth-order valence-corrected chi connectivity index (χ4v) is 3.27. The number of anilines is 1. The summed E-state index contributed by atoms with van der Waals surface area (Å²) in [6, 6.07) is 2.20. The molecule has 0 bridgehead atoms. The number of carbonyl (C=O) groups excluding carboxylic acids is 1. The van der Waals surface area contributed by atoms with E-state index in [0.29, 0.717) is 6.42 Å². The summed E-state index contributed by atoms with van der Waals surface area (Å²) in [7, 11) is 0. The predicted octanol–water partition coefficient (Wildman–Crippen LogP) is 3.91. The van der Waals surface area contributed by atoms with Crippen LogP contribution in [-0.2, 0) is 11.2 Å². The summed E-state index contributed by atoms with van der Waals surface area (Å²) in [6.07, 6.45) is 0.644. The molecule has 144 valence electrons. The van der Waals surface area contributed by atoms with Gasteiger partial charge in [-0.25, -0.2) is 4.79 Å². The van der Waals surface area contributed by atoms with Crippen LogP contribution >= 0.6 is 0 Å². The van der Waals surface area contributed by atoms with E-state index in [9.17, 15) is 19.8 Å². The van der Waals surface area contributed by atoms with Crippen molar-refractivity contribution < 1.29 is 24.9 Å². The van der Waals surface area contributed by atoms with Gasteiger partial charge in [0.1, 0.15) is 17.0 Å². The second-order valence-corrected chi connectivity index (χ2v) is 6.81. The number of carboxylic acids is 1. The molecule has 0 saturated carbocycles. The van der Waals surface area contributed by atoms with E-state index in [1.54, 1.807) is 0 Å². The van der Waals surface area contributed by atoms with Crippen LogP contribution in [0.1, 0.15) is 50.2 Å². The van der Waals surface area contributed by atoms with Gasteiger partial charge in [0.25, 0.3) is 0 Å². The van der Waals surface area contributed by atoms with Crippen molar-refractivity contribution >= 4 is 17.6 Å². The Bertz CT molecular complexity index is 902. The molecule has 2 aromatic rings. The van der Waals surface area contributed by atoms with E-state index in [1.165, 1.54) is 16.7 Å². The van der Waals surface area contributed by atoms with Crippen LogP contribution in [0.3, 0.4) is 0 Å². The predicted molar refractivity (Wildman–Crippen MR) is 104 cm³/mol. The fraction of sp³-hybridized carbons (Fsp3) is 0.333. The van der Waals surface area contributed by atoms with Crippen molar-refractivity contribution in [2.75, 3.05) is 5.32 Å². The highest BCUT2D eigenvalue weighted by Gasteiger charge is 2.19. The maximum atomic E-state index is 12.4. The quantitative estimate of drug-likeness (QED) is 0.596. The number of carbonyl (C=O) groups is 2.